The standard InChI is InChI=1S/C16H21N4O7P.C8H15NO2.CH4O2/c1-8-3-11-12(4-9(8)2)20(5-10(6-21)7-27-28(24,25)26)14-13(17-11)15(22)19-16(23)18-14;1-7(2)6-8(11)9-4-3-5-10;2-1-3/h3-4,10,17,21H,5-7H2,1-2H3,(H2,24,25,26)(H2,18,19,22,23);5,7H,3-4,6H2,1-2H3,(H,9,11);2-3H,1H2. The van der Waals surface area contributed by atoms with Crippen molar-refractivity contribution in [2.75, 3.05) is 43.3 Å². The van der Waals surface area contributed by atoms with Crippen LogP contribution in [0.5, 0.6) is 0 Å². The molecule has 1 aromatic heterocycles. The number of aliphatic hydroxyl groups excluding tert-OH is 2. The smallest absolute Gasteiger partial charge is 0.396 e. The van der Waals surface area contributed by atoms with Crippen LogP contribution in [0.4, 0.5) is 22.9 Å². The molecule has 16 nitrogen and oxygen atoms in total. The summed E-state index contributed by atoms with van der Waals surface area (Å²) in [7, 11) is -4.70. The summed E-state index contributed by atoms with van der Waals surface area (Å²) in [6.45, 7) is 6.72. The fraction of sp³-hybridized carbons (Fsp3) is 0.520. The molecule has 3 rings (SSSR count). The fourth-order valence-corrected chi connectivity index (χ4v) is 4.10. The largest absolute Gasteiger partial charge is 0.469 e. The van der Waals surface area contributed by atoms with Crippen LogP contribution in [0.3, 0.4) is 0 Å². The lowest BCUT2D eigenvalue weighted by atomic mass is 10.0. The van der Waals surface area contributed by atoms with Crippen LogP contribution in [-0.4, -0.2) is 80.4 Å². The van der Waals surface area contributed by atoms with Crippen molar-refractivity contribution in [2.24, 2.45) is 11.8 Å². The van der Waals surface area contributed by atoms with Crippen LogP contribution in [0.15, 0.2) is 21.7 Å². The topological polar surface area (TPSA) is 255 Å². The molecule has 0 bridgehead atoms. The number of amides is 1. The molecule has 0 saturated carbocycles. The van der Waals surface area contributed by atoms with E-state index < -0.39 is 45.0 Å². The molecule has 1 amide bonds. The first kappa shape index (κ1) is 36.7. The van der Waals surface area contributed by atoms with Crippen LogP contribution < -0.4 is 26.8 Å². The first-order valence-electron chi connectivity index (χ1n) is 12.9. The summed E-state index contributed by atoms with van der Waals surface area (Å²) in [6, 6.07) is 3.71. The molecule has 1 unspecified atom stereocenters. The van der Waals surface area contributed by atoms with Crippen LogP contribution in [0.2, 0.25) is 0 Å². The number of carbonyl (C=O) groups excluding carboxylic acids is 2. The van der Waals surface area contributed by atoms with Crippen molar-refractivity contribution in [1.29, 1.82) is 0 Å². The van der Waals surface area contributed by atoms with Gasteiger partial charge in [-0.1, -0.05) is 13.8 Å². The van der Waals surface area contributed by atoms with Crippen LogP contribution in [0.1, 0.15) is 37.8 Å². The minimum Gasteiger partial charge on any atom is -0.396 e. The van der Waals surface area contributed by atoms with Crippen LogP contribution >= 0.6 is 7.82 Å². The maximum atomic E-state index is 12.3. The van der Waals surface area contributed by atoms with Crippen molar-refractivity contribution < 1.29 is 43.8 Å². The second-order valence-electron chi connectivity index (χ2n) is 9.70. The van der Waals surface area contributed by atoms with Crippen LogP contribution in [0, 0.1) is 25.7 Å². The van der Waals surface area contributed by atoms with Crippen molar-refractivity contribution >= 4 is 42.9 Å². The molecule has 17 heteroatoms. The number of hydrogen-bond donors (Lipinski definition) is 9. The van der Waals surface area contributed by atoms with E-state index in [9.17, 15) is 28.8 Å². The Labute approximate surface area is 242 Å². The van der Waals surface area contributed by atoms with Gasteiger partial charge >= 0.3 is 13.5 Å². The van der Waals surface area contributed by atoms with Gasteiger partial charge in [0.05, 0.1) is 18.0 Å². The number of carbonyl (C=O) groups is 2. The van der Waals surface area contributed by atoms with Gasteiger partial charge < -0.3 is 45.4 Å². The number of aryl methyl sites for hydroxylation is 2. The summed E-state index contributed by atoms with van der Waals surface area (Å²) in [6.07, 6.45) is 1.75. The van der Waals surface area contributed by atoms with E-state index in [1.165, 1.54) is 0 Å². The highest BCUT2D eigenvalue weighted by Gasteiger charge is 2.29. The number of phosphoric ester groups is 1. The molecule has 9 N–H and O–H groups in total. The summed E-state index contributed by atoms with van der Waals surface area (Å²) < 4.78 is 15.5. The maximum Gasteiger partial charge on any atom is 0.469 e. The van der Waals surface area contributed by atoms with Crippen molar-refractivity contribution in [3.8, 4) is 0 Å². The highest BCUT2D eigenvalue weighted by Crippen LogP contribution is 2.42. The average Bonchev–Trinajstić information content (AvgIpc) is 2.88. The van der Waals surface area contributed by atoms with Gasteiger partial charge in [0, 0.05) is 38.5 Å². The van der Waals surface area contributed by atoms with E-state index in [4.69, 9.17) is 20.0 Å². The Morgan fingerprint density at radius 1 is 1.12 bits per heavy atom. The van der Waals surface area contributed by atoms with Crippen LogP contribution in [-0.2, 0) is 18.7 Å². The Hall–Kier alpha value is -3.37. The zero-order valence-electron chi connectivity index (χ0n) is 23.9. The summed E-state index contributed by atoms with van der Waals surface area (Å²) in [4.78, 5) is 69.0. The van der Waals surface area contributed by atoms with Crippen molar-refractivity contribution in [3.05, 3.63) is 44.1 Å². The summed E-state index contributed by atoms with van der Waals surface area (Å²) in [5, 5.41) is 29.5. The Morgan fingerprint density at radius 3 is 2.29 bits per heavy atom. The number of nitrogens with one attached hydrogen (secondary N) is 4. The minimum absolute atomic E-state index is 0.0295. The van der Waals surface area contributed by atoms with E-state index in [1.807, 2.05) is 39.8 Å². The van der Waals surface area contributed by atoms with Crippen molar-refractivity contribution in [3.63, 3.8) is 0 Å². The quantitative estimate of drug-likeness (QED) is 0.0711. The predicted molar refractivity (Wildman–Crippen MR) is 155 cm³/mol. The number of aldehydes is 1. The number of aliphatic hydroxyl groups is 3. The zero-order chi connectivity index (χ0) is 32.0. The van der Waals surface area contributed by atoms with Crippen LogP contribution in [0.25, 0.3) is 0 Å². The van der Waals surface area contributed by atoms with Gasteiger partial charge in [0.2, 0.25) is 5.91 Å². The van der Waals surface area contributed by atoms with Gasteiger partial charge in [-0.3, -0.25) is 24.1 Å². The number of rotatable bonds is 11. The molecule has 2 heterocycles. The van der Waals surface area contributed by atoms with Gasteiger partial charge in [0.15, 0.2) is 0 Å². The number of aromatic nitrogens is 2. The Balaban J connectivity index is 0.000000529. The molecule has 1 aliphatic rings. The number of aromatic amines is 2. The van der Waals surface area contributed by atoms with Gasteiger partial charge in [-0.05, 0) is 43.0 Å². The normalized spacial score (nSPS) is 12.5. The average molecular weight is 618 g/mol. The Morgan fingerprint density at radius 2 is 1.74 bits per heavy atom. The molecule has 236 valence electrons. The molecular weight excluding hydrogens is 577 g/mol. The second-order valence-corrected chi connectivity index (χ2v) is 10.9. The maximum absolute atomic E-state index is 12.3. The number of benzene rings is 1. The highest BCUT2D eigenvalue weighted by atomic mass is 31.2. The first-order chi connectivity index (χ1) is 19.7. The lowest BCUT2D eigenvalue weighted by Gasteiger charge is -2.35. The fourth-order valence-electron chi connectivity index (χ4n) is 3.70. The summed E-state index contributed by atoms with van der Waals surface area (Å²) in [5.41, 5.74) is 2.04. The number of phosphoric acid groups is 1. The third-order valence-electron chi connectivity index (χ3n) is 5.71. The Kier molecular flexibility index (Phi) is 15.3. The Bertz CT molecular complexity index is 1340. The number of nitrogens with zero attached hydrogens (tertiary/aromatic N) is 1. The minimum atomic E-state index is -4.70. The van der Waals surface area contributed by atoms with Gasteiger partial charge in [-0.15, -0.1) is 0 Å². The molecule has 0 aliphatic carbocycles. The van der Waals surface area contributed by atoms with E-state index in [-0.39, 0.29) is 24.0 Å². The molecule has 1 aliphatic heterocycles. The molecule has 0 saturated heterocycles. The zero-order valence-corrected chi connectivity index (χ0v) is 24.8. The predicted octanol–water partition coefficient (Wildman–Crippen LogP) is 0.259. The molecule has 1 aromatic carbocycles. The van der Waals surface area contributed by atoms with Gasteiger partial charge in [0.1, 0.15) is 24.6 Å². The number of hydrogen-bond acceptors (Lipinski definition) is 11. The van der Waals surface area contributed by atoms with E-state index in [1.54, 1.807) is 4.90 Å². The lowest BCUT2D eigenvalue weighted by Crippen LogP contribution is -2.37. The summed E-state index contributed by atoms with van der Waals surface area (Å²) >= 11 is 0. The SMILES string of the molecule is CC(C)CC(=O)NCCC=O.Cc1cc2c(cc1C)N(CC(CO)COP(=O)(O)O)c1[nH]c(=O)[nH]c(=O)c1N2.OCO. The van der Waals surface area contributed by atoms with Gasteiger partial charge in [0.25, 0.3) is 5.56 Å². The highest BCUT2D eigenvalue weighted by molar-refractivity contribution is 7.46. The molecule has 0 fully saturated rings. The van der Waals surface area contributed by atoms with E-state index in [0.29, 0.717) is 36.7 Å². The molecule has 42 heavy (non-hydrogen) atoms. The van der Waals surface area contributed by atoms with Gasteiger partial charge in [-0.25, -0.2) is 9.36 Å². The monoisotopic (exact) mass is 617 g/mol. The first-order valence-corrected chi connectivity index (χ1v) is 14.5. The van der Waals surface area contributed by atoms with E-state index >= 15 is 0 Å². The molecule has 1 atom stereocenters. The third kappa shape index (κ3) is 12.2. The molecule has 0 radical (unpaired) electrons. The van der Waals surface area contributed by atoms with Crippen molar-refractivity contribution in [2.45, 2.75) is 40.5 Å². The number of H-pyrrole nitrogens is 2. The number of anilines is 4. The summed E-state index contributed by atoms with van der Waals surface area (Å²) in [5.74, 6) is -0.0944. The lowest BCUT2D eigenvalue weighted by molar-refractivity contribution is -0.121. The number of fused-ring (bicyclic) bond motifs is 2. The molecule has 0 spiro atoms. The van der Waals surface area contributed by atoms with Gasteiger partial charge in [-0.2, -0.15) is 0 Å². The molecule has 2 aromatic rings. The third-order valence-corrected chi connectivity index (χ3v) is 6.20. The van der Waals surface area contributed by atoms with E-state index in [2.05, 4.69) is 25.1 Å². The van der Waals surface area contributed by atoms with E-state index in [0.717, 1.165) is 17.4 Å². The molecular formula is C25H40N5O11P. The van der Waals surface area contributed by atoms with Crippen molar-refractivity contribution in [1.82, 2.24) is 15.3 Å². The second kappa shape index (κ2) is 17.6.